The van der Waals surface area contributed by atoms with Crippen LogP contribution in [0.4, 0.5) is 19.0 Å². The predicted molar refractivity (Wildman–Crippen MR) is 99.7 cm³/mol. The van der Waals surface area contributed by atoms with Crippen molar-refractivity contribution in [3.05, 3.63) is 39.6 Å². The predicted octanol–water partition coefficient (Wildman–Crippen LogP) is 5.76. The molecule has 0 aliphatic carbocycles. The van der Waals surface area contributed by atoms with Crippen molar-refractivity contribution >= 4 is 50.6 Å². The van der Waals surface area contributed by atoms with Crippen LogP contribution in [0.3, 0.4) is 0 Å². The average molecular weight is 419 g/mol. The van der Waals surface area contributed by atoms with Crippen molar-refractivity contribution in [2.75, 3.05) is 5.73 Å². The van der Waals surface area contributed by atoms with Crippen LogP contribution >= 0.6 is 34.7 Å². The number of nitrogens with zero attached hydrogens (tertiary/aromatic N) is 3. The van der Waals surface area contributed by atoms with Crippen LogP contribution in [0.25, 0.3) is 10.1 Å². The lowest BCUT2D eigenvalue weighted by Gasteiger charge is -2.13. The number of nitrogens with two attached hydrogens (primary N) is 1. The SMILES string of the molecule is CCc1csc2c(Cl)nc(C(C)Sc3nc(N)cc(C(F)(F)F)n3)cc12. The lowest BCUT2D eigenvalue weighted by molar-refractivity contribution is -0.141. The maximum absolute atomic E-state index is 12.9. The highest BCUT2D eigenvalue weighted by Crippen LogP contribution is 2.39. The highest BCUT2D eigenvalue weighted by Gasteiger charge is 2.33. The molecule has 26 heavy (non-hydrogen) atoms. The second-order valence-electron chi connectivity index (χ2n) is 5.55. The molecule has 0 aliphatic rings. The molecule has 0 fully saturated rings. The Morgan fingerprint density at radius 1 is 1.27 bits per heavy atom. The molecule has 138 valence electrons. The Hall–Kier alpha value is -1.58. The maximum atomic E-state index is 12.9. The third-order valence-electron chi connectivity index (χ3n) is 3.71. The van der Waals surface area contributed by atoms with Gasteiger partial charge in [0.15, 0.2) is 10.9 Å². The van der Waals surface area contributed by atoms with E-state index in [2.05, 4.69) is 15.0 Å². The molecule has 0 saturated heterocycles. The minimum Gasteiger partial charge on any atom is -0.384 e. The molecule has 3 aromatic heterocycles. The first-order valence-corrected chi connectivity index (χ1v) is 9.77. The molecular formula is C16H14ClF3N4S2. The van der Waals surface area contributed by atoms with Crippen molar-refractivity contribution < 1.29 is 13.2 Å². The van der Waals surface area contributed by atoms with E-state index in [1.165, 1.54) is 11.3 Å². The molecule has 0 bridgehead atoms. The van der Waals surface area contributed by atoms with E-state index < -0.39 is 11.9 Å². The summed E-state index contributed by atoms with van der Waals surface area (Å²) in [6.45, 7) is 3.86. The number of fused-ring (bicyclic) bond motifs is 1. The number of aryl methyl sites for hydroxylation is 1. The molecule has 0 radical (unpaired) electrons. The van der Waals surface area contributed by atoms with Gasteiger partial charge in [0.05, 0.1) is 15.6 Å². The van der Waals surface area contributed by atoms with Crippen LogP contribution in [-0.4, -0.2) is 15.0 Å². The highest BCUT2D eigenvalue weighted by atomic mass is 35.5. The monoisotopic (exact) mass is 418 g/mol. The Balaban J connectivity index is 1.94. The van der Waals surface area contributed by atoms with E-state index >= 15 is 0 Å². The van der Waals surface area contributed by atoms with E-state index in [1.807, 2.05) is 25.3 Å². The van der Waals surface area contributed by atoms with Gasteiger partial charge >= 0.3 is 6.18 Å². The van der Waals surface area contributed by atoms with Crippen LogP contribution in [-0.2, 0) is 12.6 Å². The van der Waals surface area contributed by atoms with Gasteiger partial charge in [-0.15, -0.1) is 11.3 Å². The second kappa shape index (κ2) is 7.21. The molecule has 0 spiro atoms. The molecule has 3 rings (SSSR count). The van der Waals surface area contributed by atoms with E-state index in [-0.39, 0.29) is 16.2 Å². The van der Waals surface area contributed by atoms with E-state index in [0.29, 0.717) is 10.8 Å². The van der Waals surface area contributed by atoms with Crippen LogP contribution in [0, 0.1) is 0 Å². The fourth-order valence-electron chi connectivity index (χ4n) is 2.41. The maximum Gasteiger partial charge on any atom is 0.433 e. The second-order valence-corrected chi connectivity index (χ2v) is 8.09. The van der Waals surface area contributed by atoms with Crippen LogP contribution in [0.15, 0.2) is 22.7 Å². The molecule has 4 nitrogen and oxygen atoms in total. The fraction of sp³-hybridized carbons (Fsp3) is 0.312. The summed E-state index contributed by atoms with van der Waals surface area (Å²) >= 11 is 8.86. The Labute approximate surface area is 161 Å². The summed E-state index contributed by atoms with van der Waals surface area (Å²) in [6.07, 6.45) is -3.72. The number of hydrogen-bond donors (Lipinski definition) is 1. The summed E-state index contributed by atoms with van der Waals surface area (Å²) in [6, 6.07) is 2.64. The Kier molecular flexibility index (Phi) is 5.32. The molecule has 3 heterocycles. The summed E-state index contributed by atoms with van der Waals surface area (Å²) < 4.78 is 39.6. The van der Waals surface area contributed by atoms with Crippen molar-refractivity contribution in [3.8, 4) is 0 Å². The van der Waals surface area contributed by atoms with Gasteiger partial charge in [0.2, 0.25) is 0 Å². The van der Waals surface area contributed by atoms with Gasteiger partial charge < -0.3 is 5.73 Å². The van der Waals surface area contributed by atoms with Gasteiger partial charge in [-0.1, -0.05) is 30.3 Å². The number of halogens is 4. The molecule has 10 heteroatoms. The van der Waals surface area contributed by atoms with Crippen LogP contribution in [0.2, 0.25) is 5.15 Å². The van der Waals surface area contributed by atoms with Crippen LogP contribution in [0.1, 0.15) is 36.0 Å². The lowest BCUT2D eigenvalue weighted by atomic mass is 10.1. The summed E-state index contributed by atoms with van der Waals surface area (Å²) in [5.41, 5.74) is 6.24. The molecule has 1 atom stereocenters. The minimum atomic E-state index is -4.58. The number of pyridine rings is 1. The van der Waals surface area contributed by atoms with Gasteiger partial charge in [0, 0.05) is 11.5 Å². The van der Waals surface area contributed by atoms with Gasteiger partial charge in [-0.3, -0.25) is 0 Å². The molecule has 0 aliphatic heterocycles. The number of nitrogen functional groups attached to an aromatic ring is 1. The smallest absolute Gasteiger partial charge is 0.384 e. The van der Waals surface area contributed by atoms with Gasteiger partial charge in [0.1, 0.15) is 11.0 Å². The first kappa shape index (κ1) is 19.2. The number of alkyl halides is 3. The largest absolute Gasteiger partial charge is 0.433 e. The number of anilines is 1. The van der Waals surface area contributed by atoms with Gasteiger partial charge in [-0.25, -0.2) is 15.0 Å². The molecule has 0 aromatic carbocycles. The molecule has 3 aromatic rings. The first-order chi connectivity index (χ1) is 12.2. The summed E-state index contributed by atoms with van der Waals surface area (Å²) in [5.74, 6) is -0.227. The number of hydrogen-bond acceptors (Lipinski definition) is 6. The molecule has 1 unspecified atom stereocenters. The Morgan fingerprint density at radius 2 is 2.00 bits per heavy atom. The molecule has 0 saturated carbocycles. The summed E-state index contributed by atoms with van der Waals surface area (Å²) in [4.78, 5) is 11.8. The van der Waals surface area contributed by atoms with Gasteiger partial charge in [-0.2, -0.15) is 13.2 Å². The van der Waals surface area contributed by atoms with Crippen molar-refractivity contribution in [1.82, 2.24) is 15.0 Å². The van der Waals surface area contributed by atoms with E-state index in [4.69, 9.17) is 17.3 Å². The molecule has 0 amide bonds. The zero-order valence-corrected chi connectivity index (χ0v) is 16.2. The van der Waals surface area contributed by atoms with Crippen molar-refractivity contribution in [1.29, 1.82) is 0 Å². The Morgan fingerprint density at radius 3 is 2.65 bits per heavy atom. The normalized spacial score (nSPS) is 13.3. The number of aromatic nitrogens is 3. The van der Waals surface area contributed by atoms with Crippen LogP contribution in [0.5, 0.6) is 0 Å². The third-order valence-corrected chi connectivity index (χ3v) is 6.14. The number of thiophene rings is 1. The van der Waals surface area contributed by atoms with Crippen molar-refractivity contribution in [3.63, 3.8) is 0 Å². The minimum absolute atomic E-state index is 0.0520. The number of rotatable bonds is 4. The summed E-state index contributed by atoms with van der Waals surface area (Å²) in [7, 11) is 0. The molecule has 2 N–H and O–H groups in total. The molecular weight excluding hydrogens is 405 g/mol. The standard InChI is InChI=1S/C16H14ClF3N4S2/c1-3-8-6-25-13-9(8)4-10(22-14(13)17)7(2)26-15-23-11(16(18,19)20)5-12(21)24-15/h4-7H,3H2,1-2H3,(H2,21,23,24). The van der Waals surface area contributed by atoms with Gasteiger partial charge in [-0.05, 0) is 30.4 Å². The topological polar surface area (TPSA) is 64.7 Å². The van der Waals surface area contributed by atoms with Crippen LogP contribution < -0.4 is 5.73 Å². The van der Waals surface area contributed by atoms with E-state index in [0.717, 1.165) is 39.9 Å². The van der Waals surface area contributed by atoms with E-state index in [1.54, 1.807) is 0 Å². The first-order valence-electron chi connectivity index (χ1n) is 7.64. The van der Waals surface area contributed by atoms with Crippen molar-refractivity contribution in [2.24, 2.45) is 0 Å². The fourth-order valence-corrected chi connectivity index (χ4v) is 4.62. The van der Waals surface area contributed by atoms with E-state index in [9.17, 15) is 13.2 Å². The average Bonchev–Trinajstić information content (AvgIpc) is 2.97. The number of thioether (sulfide) groups is 1. The Bertz CT molecular complexity index is 959. The summed E-state index contributed by atoms with van der Waals surface area (Å²) in [5, 5.41) is 3.09. The zero-order chi connectivity index (χ0) is 19.1. The zero-order valence-electron chi connectivity index (χ0n) is 13.8. The van der Waals surface area contributed by atoms with Gasteiger partial charge in [0.25, 0.3) is 0 Å². The lowest BCUT2D eigenvalue weighted by Crippen LogP contribution is -2.11. The van der Waals surface area contributed by atoms with Crippen molar-refractivity contribution in [2.45, 2.75) is 36.9 Å². The quantitative estimate of drug-likeness (QED) is 0.331. The third kappa shape index (κ3) is 3.89. The highest BCUT2D eigenvalue weighted by molar-refractivity contribution is 7.99.